The number of rotatable bonds is 4. The van der Waals surface area contributed by atoms with E-state index >= 15 is 0 Å². The molecule has 0 unspecified atom stereocenters. The lowest BCUT2D eigenvalue weighted by Crippen LogP contribution is -2.29. The molecule has 3 N–H and O–H groups in total. The molecule has 8 heteroatoms. The maximum Gasteiger partial charge on any atom is 0.264 e. The molecule has 0 saturated carbocycles. The van der Waals surface area contributed by atoms with Crippen LogP contribution >= 0.6 is 0 Å². The van der Waals surface area contributed by atoms with Crippen molar-refractivity contribution in [2.45, 2.75) is 11.3 Å². The highest BCUT2D eigenvalue weighted by atomic mass is 32.2. The van der Waals surface area contributed by atoms with E-state index in [2.05, 4.69) is 9.97 Å². The number of carbonyl (C=O) groups is 1. The molecule has 0 bridgehead atoms. The number of nitrogens with one attached hydrogen (secondary N) is 1. The van der Waals surface area contributed by atoms with Crippen molar-refractivity contribution in [2.24, 2.45) is 5.73 Å². The quantitative estimate of drug-likeness (QED) is 0.531. The number of anilines is 1. The van der Waals surface area contributed by atoms with Gasteiger partial charge in [0.1, 0.15) is 5.82 Å². The van der Waals surface area contributed by atoms with Crippen molar-refractivity contribution in [3.63, 3.8) is 0 Å². The number of nitrogens with zero attached hydrogens (tertiary/aromatic N) is 2. The molecule has 150 valence electrons. The number of primary amides is 1. The Balaban J connectivity index is 1.47. The molecular weight excluding hydrogens is 400 g/mol. The van der Waals surface area contributed by atoms with Crippen LogP contribution in [0.15, 0.2) is 71.6 Å². The van der Waals surface area contributed by atoms with Gasteiger partial charge < -0.3 is 10.7 Å². The molecule has 5 rings (SSSR count). The predicted molar refractivity (Wildman–Crippen MR) is 115 cm³/mol. The number of fused-ring (bicyclic) bond motifs is 2. The maximum atomic E-state index is 13.1. The Hall–Kier alpha value is -3.65. The Kier molecular flexibility index (Phi) is 4.11. The van der Waals surface area contributed by atoms with Crippen LogP contribution in [-0.2, 0) is 16.4 Å². The van der Waals surface area contributed by atoms with Gasteiger partial charge in [-0.15, -0.1) is 0 Å². The lowest BCUT2D eigenvalue weighted by molar-refractivity contribution is 0.100. The predicted octanol–water partition coefficient (Wildman–Crippen LogP) is 3.08. The third-order valence-electron chi connectivity index (χ3n) is 5.33. The third kappa shape index (κ3) is 2.93. The molecule has 0 fully saturated rings. The van der Waals surface area contributed by atoms with E-state index in [4.69, 9.17) is 5.73 Å². The number of para-hydroxylation sites is 1. The zero-order valence-corrected chi connectivity index (χ0v) is 16.7. The summed E-state index contributed by atoms with van der Waals surface area (Å²) in [5, 5.41) is 0. The van der Waals surface area contributed by atoms with Crippen LogP contribution in [0.5, 0.6) is 0 Å². The van der Waals surface area contributed by atoms with E-state index in [1.54, 1.807) is 42.5 Å². The summed E-state index contributed by atoms with van der Waals surface area (Å²) in [6.45, 7) is 0.440. The molecule has 0 saturated heterocycles. The van der Waals surface area contributed by atoms with E-state index in [0.29, 0.717) is 35.4 Å². The Morgan fingerprint density at radius 1 is 1.03 bits per heavy atom. The number of hydrogen-bond donors (Lipinski definition) is 2. The number of nitrogens with two attached hydrogens (primary N) is 1. The van der Waals surface area contributed by atoms with Crippen molar-refractivity contribution in [3.8, 4) is 11.4 Å². The van der Waals surface area contributed by atoms with Gasteiger partial charge in [0, 0.05) is 17.7 Å². The number of aromatic nitrogens is 2. The molecule has 0 radical (unpaired) electrons. The van der Waals surface area contributed by atoms with Gasteiger partial charge in [-0.05, 0) is 60.5 Å². The van der Waals surface area contributed by atoms with Gasteiger partial charge in [0.25, 0.3) is 10.0 Å². The number of hydrogen-bond acceptors (Lipinski definition) is 4. The standard InChI is InChI=1S/C22H18N4O3S/c23-21(27)16-7-10-18-19(13-16)25-22(24-18)15-5-8-17(9-6-15)30(28,29)26-12-11-14-3-1-2-4-20(14)26/h1-10,13H,11-12H2,(H2,23,27)(H,24,25). The van der Waals surface area contributed by atoms with E-state index in [-0.39, 0.29) is 4.90 Å². The third-order valence-corrected chi connectivity index (χ3v) is 7.15. The lowest BCUT2D eigenvalue weighted by Gasteiger charge is -2.19. The van der Waals surface area contributed by atoms with Crippen LogP contribution in [0.1, 0.15) is 15.9 Å². The minimum atomic E-state index is -3.64. The molecule has 30 heavy (non-hydrogen) atoms. The summed E-state index contributed by atoms with van der Waals surface area (Å²) in [7, 11) is -3.64. The highest BCUT2D eigenvalue weighted by molar-refractivity contribution is 7.92. The van der Waals surface area contributed by atoms with Gasteiger partial charge in [-0.3, -0.25) is 9.10 Å². The van der Waals surface area contributed by atoms with Crippen LogP contribution in [0.4, 0.5) is 5.69 Å². The molecule has 1 aliphatic rings. The molecule has 1 amide bonds. The summed E-state index contributed by atoms with van der Waals surface area (Å²) in [6.07, 6.45) is 0.708. The molecule has 1 aliphatic heterocycles. The monoisotopic (exact) mass is 418 g/mol. The fraction of sp³-hybridized carbons (Fsp3) is 0.0909. The van der Waals surface area contributed by atoms with Crippen molar-refractivity contribution in [1.82, 2.24) is 9.97 Å². The van der Waals surface area contributed by atoms with E-state index in [9.17, 15) is 13.2 Å². The van der Waals surface area contributed by atoms with Crippen molar-refractivity contribution in [3.05, 3.63) is 77.9 Å². The summed E-state index contributed by atoms with van der Waals surface area (Å²) in [5.41, 5.74) is 9.62. The minimum absolute atomic E-state index is 0.232. The molecular formula is C22H18N4O3S. The van der Waals surface area contributed by atoms with Crippen LogP contribution in [0.2, 0.25) is 0 Å². The van der Waals surface area contributed by atoms with Crippen LogP contribution in [0.3, 0.4) is 0 Å². The van der Waals surface area contributed by atoms with E-state index in [1.807, 2.05) is 24.3 Å². The normalized spacial score (nSPS) is 13.5. The Bertz CT molecular complexity index is 1390. The Labute approximate surface area is 173 Å². The fourth-order valence-electron chi connectivity index (χ4n) is 3.77. The molecule has 3 aromatic carbocycles. The summed E-state index contributed by atoms with van der Waals surface area (Å²) in [4.78, 5) is 19.3. The number of benzene rings is 3. The summed E-state index contributed by atoms with van der Waals surface area (Å²) in [6, 6.07) is 19.2. The van der Waals surface area contributed by atoms with Crippen molar-refractivity contribution < 1.29 is 13.2 Å². The number of imidazole rings is 1. The minimum Gasteiger partial charge on any atom is -0.366 e. The Morgan fingerprint density at radius 3 is 2.57 bits per heavy atom. The van der Waals surface area contributed by atoms with Crippen molar-refractivity contribution in [1.29, 1.82) is 0 Å². The van der Waals surface area contributed by atoms with Crippen LogP contribution in [0.25, 0.3) is 22.4 Å². The average Bonchev–Trinajstić information content (AvgIpc) is 3.38. The number of carbonyl (C=O) groups excluding carboxylic acids is 1. The number of H-pyrrole nitrogens is 1. The highest BCUT2D eigenvalue weighted by Crippen LogP contribution is 2.33. The molecule has 0 spiro atoms. The SMILES string of the molecule is NC(=O)c1ccc2nc(-c3ccc(S(=O)(=O)N4CCc5ccccc54)cc3)[nH]c2c1. The van der Waals surface area contributed by atoms with Gasteiger partial charge in [-0.2, -0.15) is 0 Å². The molecule has 1 aromatic heterocycles. The first-order chi connectivity index (χ1) is 14.4. The van der Waals surface area contributed by atoms with E-state index in [0.717, 1.165) is 16.8 Å². The van der Waals surface area contributed by atoms with Gasteiger partial charge in [0.2, 0.25) is 5.91 Å². The fourth-order valence-corrected chi connectivity index (χ4v) is 5.27. The molecule has 2 heterocycles. The van der Waals surface area contributed by atoms with Crippen molar-refractivity contribution >= 4 is 32.7 Å². The van der Waals surface area contributed by atoms with Gasteiger partial charge in [-0.1, -0.05) is 18.2 Å². The van der Waals surface area contributed by atoms with Gasteiger partial charge >= 0.3 is 0 Å². The smallest absolute Gasteiger partial charge is 0.264 e. The van der Waals surface area contributed by atoms with E-state index in [1.165, 1.54) is 4.31 Å². The van der Waals surface area contributed by atoms with Crippen LogP contribution in [0, 0.1) is 0 Å². The first-order valence-electron chi connectivity index (χ1n) is 9.44. The largest absolute Gasteiger partial charge is 0.366 e. The van der Waals surface area contributed by atoms with Crippen LogP contribution < -0.4 is 10.0 Å². The number of sulfonamides is 1. The van der Waals surface area contributed by atoms with E-state index < -0.39 is 15.9 Å². The molecule has 4 aromatic rings. The zero-order valence-electron chi connectivity index (χ0n) is 15.9. The first-order valence-corrected chi connectivity index (χ1v) is 10.9. The van der Waals surface area contributed by atoms with Crippen molar-refractivity contribution in [2.75, 3.05) is 10.8 Å². The van der Waals surface area contributed by atoms with Gasteiger partial charge in [-0.25, -0.2) is 13.4 Å². The Morgan fingerprint density at radius 2 is 1.80 bits per heavy atom. The van der Waals surface area contributed by atoms with Gasteiger partial charge in [0.15, 0.2) is 0 Å². The topological polar surface area (TPSA) is 109 Å². The highest BCUT2D eigenvalue weighted by Gasteiger charge is 2.30. The van der Waals surface area contributed by atoms with Crippen LogP contribution in [-0.4, -0.2) is 30.8 Å². The second-order valence-corrected chi connectivity index (χ2v) is 9.02. The lowest BCUT2D eigenvalue weighted by atomic mass is 10.2. The maximum absolute atomic E-state index is 13.1. The molecule has 0 aliphatic carbocycles. The average molecular weight is 418 g/mol. The van der Waals surface area contributed by atoms with Gasteiger partial charge in [0.05, 0.1) is 21.6 Å². The number of aromatic amines is 1. The second kappa shape index (κ2) is 6.70. The first kappa shape index (κ1) is 18.4. The second-order valence-electron chi connectivity index (χ2n) is 7.16. The molecule has 0 atom stereocenters. The number of amides is 1. The zero-order chi connectivity index (χ0) is 20.9. The molecule has 7 nitrogen and oxygen atoms in total. The summed E-state index contributed by atoms with van der Waals surface area (Å²) in [5.74, 6) is 0.0770. The summed E-state index contributed by atoms with van der Waals surface area (Å²) < 4.78 is 27.8. The summed E-state index contributed by atoms with van der Waals surface area (Å²) >= 11 is 0.